The summed E-state index contributed by atoms with van der Waals surface area (Å²) in [5.41, 5.74) is 0.650. The lowest BCUT2D eigenvalue weighted by molar-refractivity contribution is 0.218. The Hall–Kier alpha value is -0.640. The van der Waals surface area contributed by atoms with E-state index in [1.807, 2.05) is 0 Å². The van der Waals surface area contributed by atoms with Crippen molar-refractivity contribution in [3.05, 3.63) is 29.3 Å². The van der Waals surface area contributed by atoms with Crippen molar-refractivity contribution >= 4 is 46.5 Å². The summed E-state index contributed by atoms with van der Waals surface area (Å²) in [6.07, 6.45) is 0. The summed E-state index contributed by atoms with van der Waals surface area (Å²) < 4.78 is 0. The van der Waals surface area contributed by atoms with Crippen molar-refractivity contribution in [3.63, 3.8) is 0 Å². The zero-order chi connectivity index (χ0) is 12.7. The summed E-state index contributed by atoms with van der Waals surface area (Å²) >= 11 is 17.1. The van der Waals surface area contributed by atoms with Crippen molar-refractivity contribution in [1.82, 2.24) is 4.90 Å². The van der Waals surface area contributed by atoms with Gasteiger partial charge in [-0.25, -0.2) is 4.79 Å². The average Bonchev–Trinajstić information content (AvgIpc) is 2.28. The number of amides is 2. The van der Waals surface area contributed by atoms with E-state index in [-0.39, 0.29) is 6.03 Å². The number of benzene rings is 1. The molecule has 3 nitrogen and oxygen atoms in total. The van der Waals surface area contributed by atoms with Crippen molar-refractivity contribution < 1.29 is 4.79 Å². The SMILES string of the molecule is O=C(Nc1cccc(Cl)c1)N(CCCl)CCCl. The topological polar surface area (TPSA) is 32.3 Å². The molecule has 1 rings (SSSR count). The highest BCUT2D eigenvalue weighted by Crippen LogP contribution is 2.15. The van der Waals surface area contributed by atoms with E-state index in [0.29, 0.717) is 35.6 Å². The number of carbonyl (C=O) groups excluding carboxylic acids is 1. The molecule has 1 aromatic carbocycles. The van der Waals surface area contributed by atoms with Gasteiger partial charge in [0.15, 0.2) is 0 Å². The number of nitrogens with one attached hydrogen (secondary N) is 1. The smallest absolute Gasteiger partial charge is 0.321 e. The number of nitrogens with zero attached hydrogens (tertiary/aromatic N) is 1. The van der Waals surface area contributed by atoms with Crippen LogP contribution >= 0.6 is 34.8 Å². The van der Waals surface area contributed by atoms with Crippen molar-refractivity contribution in [1.29, 1.82) is 0 Å². The number of carbonyl (C=O) groups is 1. The molecular weight excluding hydrogens is 282 g/mol. The van der Waals surface area contributed by atoms with Gasteiger partial charge in [0.2, 0.25) is 0 Å². The number of anilines is 1. The van der Waals surface area contributed by atoms with Crippen molar-refractivity contribution in [2.45, 2.75) is 0 Å². The first kappa shape index (κ1) is 14.4. The molecule has 2 amide bonds. The van der Waals surface area contributed by atoms with E-state index in [2.05, 4.69) is 5.32 Å². The van der Waals surface area contributed by atoms with Crippen LogP contribution in [0, 0.1) is 0 Å². The number of rotatable bonds is 5. The first-order valence-electron chi connectivity index (χ1n) is 5.11. The Bertz CT molecular complexity index is 367. The molecule has 6 heteroatoms. The molecule has 0 atom stereocenters. The Balaban J connectivity index is 2.62. The molecule has 0 heterocycles. The van der Waals surface area contributed by atoms with Gasteiger partial charge in [0.1, 0.15) is 0 Å². The molecule has 0 aromatic heterocycles. The molecular formula is C11H13Cl3N2O. The summed E-state index contributed by atoms with van der Waals surface area (Å²) in [7, 11) is 0. The summed E-state index contributed by atoms with van der Waals surface area (Å²) in [6, 6.07) is 6.73. The molecule has 1 aromatic rings. The molecule has 0 spiro atoms. The molecule has 1 N–H and O–H groups in total. The van der Waals surface area contributed by atoms with E-state index >= 15 is 0 Å². The summed E-state index contributed by atoms with van der Waals surface area (Å²) in [5.74, 6) is 0.750. The van der Waals surface area contributed by atoms with Gasteiger partial charge in [-0.3, -0.25) is 0 Å². The lowest BCUT2D eigenvalue weighted by Crippen LogP contribution is -2.37. The first-order chi connectivity index (χ1) is 8.17. The second-order valence-electron chi connectivity index (χ2n) is 3.31. The van der Waals surface area contributed by atoms with E-state index in [1.165, 1.54) is 0 Å². The molecule has 0 aliphatic heterocycles. The minimum atomic E-state index is -0.228. The standard InChI is InChI=1S/C11H13Cl3N2O/c12-4-6-16(7-5-13)11(17)15-10-3-1-2-9(14)8-10/h1-3,8H,4-7H2,(H,15,17). The zero-order valence-electron chi connectivity index (χ0n) is 9.13. The van der Waals surface area contributed by atoms with Crippen LogP contribution in [0.1, 0.15) is 0 Å². The van der Waals surface area contributed by atoms with Crippen LogP contribution in [0.3, 0.4) is 0 Å². The molecule has 0 unspecified atom stereocenters. The fourth-order valence-electron chi connectivity index (χ4n) is 1.29. The summed E-state index contributed by atoms with van der Waals surface area (Å²) in [5, 5.41) is 3.31. The van der Waals surface area contributed by atoms with Gasteiger partial charge in [-0.1, -0.05) is 17.7 Å². The second kappa shape index (κ2) is 7.64. The molecule has 0 fully saturated rings. The van der Waals surface area contributed by atoms with Crippen molar-refractivity contribution in [2.75, 3.05) is 30.2 Å². The Labute approximate surface area is 116 Å². The highest BCUT2D eigenvalue weighted by Gasteiger charge is 2.12. The Kier molecular flexibility index (Phi) is 6.48. The number of halogens is 3. The number of alkyl halides is 2. The largest absolute Gasteiger partial charge is 0.322 e. The van der Waals surface area contributed by atoms with Gasteiger partial charge in [-0.05, 0) is 18.2 Å². The van der Waals surface area contributed by atoms with E-state index in [4.69, 9.17) is 34.8 Å². The fraction of sp³-hybridized carbons (Fsp3) is 0.364. The van der Waals surface area contributed by atoms with Gasteiger partial charge in [0.05, 0.1) is 0 Å². The normalized spacial score (nSPS) is 10.1. The Morgan fingerprint density at radius 1 is 1.24 bits per heavy atom. The van der Waals surface area contributed by atoms with E-state index in [9.17, 15) is 4.79 Å². The van der Waals surface area contributed by atoms with Crippen LogP contribution in [0.5, 0.6) is 0 Å². The lowest BCUT2D eigenvalue weighted by atomic mass is 10.3. The summed E-state index contributed by atoms with van der Waals surface area (Å²) in [4.78, 5) is 13.4. The first-order valence-corrected chi connectivity index (χ1v) is 6.55. The molecule has 0 saturated carbocycles. The zero-order valence-corrected chi connectivity index (χ0v) is 11.4. The molecule has 0 aliphatic carbocycles. The van der Waals surface area contributed by atoms with E-state index in [0.717, 1.165) is 0 Å². The van der Waals surface area contributed by atoms with Crippen molar-refractivity contribution in [2.24, 2.45) is 0 Å². The molecule has 0 saturated heterocycles. The third-order valence-corrected chi connectivity index (χ3v) is 2.65. The van der Waals surface area contributed by atoms with Gasteiger partial charge in [-0.2, -0.15) is 0 Å². The van der Waals surface area contributed by atoms with Crippen LogP contribution in [0.2, 0.25) is 5.02 Å². The van der Waals surface area contributed by atoms with Crippen LogP contribution < -0.4 is 5.32 Å². The van der Waals surface area contributed by atoms with Gasteiger partial charge in [0, 0.05) is 35.6 Å². The van der Waals surface area contributed by atoms with Crippen LogP contribution in [0.15, 0.2) is 24.3 Å². The molecule has 94 valence electrons. The average molecular weight is 296 g/mol. The number of urea groups is 1. The number of hydrogen-bond acceptors (Lipinski definition) is 1. The molecule has 0 bridgehead atoms. The minimum absolute atomic E-state index is 0.228. The fourth-order valence-corrected chi connectivity index (χ4v) is 1.89. The minimum Gasteiger partial charge on any atom is -0.322 e. The monoisotopic (exact) mass is 294 g/mol. The van der Waals surface area contributed by atoms with E-state index < -0.39 is 0 Å². The van der Waals surface area contributed by atoms with Crippen LogP contribution in [0.25, 0.3) is 0 Å². The molecule has 0 aliphatic rings. The third kappa shape index (κ3) is 5.02. The quantitative estimate of drug-likeness (QED) is 0.826. The van der Waals surface area contributed by atoms with E-state index in [1.54, 1.807) is 29.2 Å². The Morgan fingerprint density at radius 3 is 2.41 bits per heavy atom. The van der Waals surface area contributed by atoms with Gasteiger partial charge in [-0.15, -0.1) is 23.2 Å². The lowest BCUT2D eigenvalue weighted by Gasteiger charge is -2.21. The Morgan fingerprint density at radius 2 is 1.88 bits per heavy atom. The maximum atomic E-state index is 11.9. The van der Waals surface area contributed by atoms with Crippen LogP contribution in [0.4, 0.5) is 10.5 Å². The maximum Gasteiger partial charge on any atom is 0.321 e. The second-order valence-corrected chi connectivity index (χ2v) is 4.50. The number of hydrogen-bond donors (Lipinski definition) is 1. The van der Waals surface area contributed by atoms with Crippen LogP contribution in [-0.2, 0) is 0 Å². The predicted molar refractivity (Wildman–Crippen MR) is 73.5 cm³/mol. The van der Waals surface area contributed by atoms with Crippen LogP contribution in [-0.4, -0.2) is 35.8 Å². The van der Waals surface area contributed by atoms with Gasteiger partial charge < -0.3 is 10.2 Å². The maximum absolute atomic E-state index is 11.9. The summed E-state index contributed by atoms with van der Waals surface area (Å²) in [6.45, 7) is 0.918. The van der Waals surface area contributed by atoms with Gasteiger partial charge in [0.25, 0.3) is 0 Å². The van der Waals surface area contributed by atoms with Gasteiger partial charge >= 0.3 is 6.03 Å². The predicted octanol–water partition coefficient (Wildman–Crippen LogP) is 3.65. The van der Waals surface area contributed by atoms with Crippen molar-refractivity contribution in [3.8, 4) is 0 Å². The molecule has 0 radical (unpaired) electrons. The highest BCUT2D eigenvalue weighted by molar-refractivity contribution is 6.30. The third-order valence-electron chi connectivity index (χ3n) is 2.07. The highest BCUT2D eigenvalue weighted by atomic mass is 35.5. The molecule has 17 heavy (non-hydrogen) atoms.